The van der Waals surface area contributed by atoms with E-state index in [0.717, 1.165) is 23.4 Å². The number of hydrogen-bond acceptors (Lipinski definition) is 6. The summed E-state index contributed by atoms with van der Waals surface area (Å²) in [7, 11) is 0. The highest BCUT2D eigenvalue weighted by atomic mass is 16.5. The largest absolute Gasteiger partial charge is 0.494 e. The zero-order valence-corrected chi connectivity index (χ0v) is 17.1. The van der Waals surface area contributed by atoms with Crippen LogP contribution in [0.25, 0.3) is 0 Å². The van der Waals surface area contributed by atoms with Gasteiger partial charge in [0.2, 0.25) is 0 Å². The molecular formula is C24H27NO5. The van der Waals surface area contributed by atoms with Crippen molar-refractivity contribution >= 4 is 6.29 Å². The fourth-order valence-corrected chi connectivity index (χ4v) is 3.23. The van der Waals surface area contributed by atoms with Crippen molar-refractivity contribution in [2.24, 2.45) is 0 Å². The number of carbonyl (C=O) groups is 1. The molecule has 0 spiro atoms. The fourth-order valence-electron chi connectivity index (χ4n) is 3.23. The molecule has 1 unspecified atom stereocenters. The van der Waals surface area contributed by atoms with Gasteiger partial charge in [0.1, 0.15) is 30.0 Å². The van der Waals surface area contributed by atoms with E-state index in [2.05, 4.69) is 4.90 Å². The Morgan fingerprint density at radius 2 is 1.77 bits per heavy atom. The minimum absolute atomic E-state index is 0.0760. The van der Waals surface area contributed by atoms with Crippen LogP contribution in [0.3, 0.4) is 0 Å². The Kier molecular flexibility index (Phi) is 8.06. The molecule has 30 heavy (non-hydrogen) atoms. The van der Waals surface area contributed by atoms with Gasteiger partial charge in [0.05, 0.1) is 25.0 Å². The third kappa shape index (κ3) is 6.20. The zero-order valence-electron chi connectivity index (χ0n) is 17.1. The van der Waals surface area contributed by atoms with E-state index >= 15 is 0 Å². The molecule has 158 valence electrons. The summed E-state index contributed by atoms with van der Waals surface area (Å²) in [6.07, 6.45) is 1.63. The number of carbonyl (C=O) groups excluding carboxylic acids is 1. The summed E-state index contributed by atoms with van der Waals surface area (Å²) in [5.41, 5.74) is 1.49. The van der Waals surface area contributed by atoms with Gasteiger partial charge in [0.15, 0.2) is 6.29 Å². The first-order valence-corrected chi connectivity index (χ1v) is 10.00. The number of furan rings is 1. The fraction of sp³-hybridized carbons (Fsp3) is 0.292. The van der Waals surface area contributed by atoms with E-state index in [9.17, 15) is 9.90 Å². The molecule has 3 aromatic rings. The van der Waals surface area contributed by atoms with Crippen LogP contribution in [0.4, 0.5) is 0 Å². The van der Waals surface area contributed by atoms with Crippen LogP contribution < -0.4 is 9.47 Å². The SMILES string of the molecule is CCOc1ccccc1CN(Cc1ccco1)CC(O)COc1ccccc1C=O. The van der Waals surface area contributed by atoms with Gasteiger partial charge in [-0.25, -0.2) is 0 Å². The Balaban J connectivity index is 1.67. The Morgan fingerprint density at radius 1 is 1.00 bits per heavy atom. The van der Waals surface area contributed by atoms with Gasteiger partial charge in [0.25, 0.3) is 0 Å². The molecule has 0 fully saturated rings. The second-order valence-electron chi connectivity index (χ2n) is 6.91. The van der Waals surface area contributed by atoms with Crippen molar-refractivity contribution in [1.82, 2.24) is 4.90 Å². The molecule has 0 saturated heterocycles. The van der Waals surface area contributed by atoms with E-state index in [4.69, 9.17) is 13.9 Å². The van der Waals surface area contributed by atoms with Crippen LogP contribution in [0.2, 0.25) is 0 Å². The molecule has 6 nitrogen and oxygen atoms in total. The van der Waals surface area contributed by atoms with Crippen molar-refractivity contribution in [3.05, 3.63) is 83.8 Å². The number of benzene rings is 2. The molecule has 2 aromatic carbocycles. The first-order chi connectivity index (χ1) is 14.7. The lowest BCUT2D eigenvalue weighted by atomic mass is 10.1. The quantitative estimate of drug-likeness (QED) is 0.457. The van der Waals surface area contributed by atoms with Gasteiger partial charge in [-0.15, -0.1) is 0 Å². The van der Waals surface area contributed by atoms with E-state index < -0.39 is 6.10 Å². The zero-order chi connectivity index (χ0) is 21.2. The molecule has 1 aromatic heterocycles. The van der Waals surface area contributed by atoms with Crippen LogP contribution in [0.15, 0.2) is 71.3 Å². The first-order valence-electron chi connectivity index (χ1n) is 10.00. The van der Waals surface area contributed by atoms with Crippen molar-refractivity contribution in [1.29, 1.82) is 0 Å². The first kappa shape index (κ1) is 21.6. The van der Waals surface area contributed by atoms with Crippen molar-refractivity contribution < 1.29 is 23.8 Å². The Labute approximate surface area is 176 Å². The molecule has 0 aliphatic heterocycles. The molecule has 0 aliphatic rings. The normalized spacial score (nSPS) is 12.0. The molecule has 1 atom stereocenters. The van der Waals surface area contributed by atoms with Crippen LogP contribution in [-0.2, 0) is 13.1 Å². The smallest absolute Gasteiger partial charge is 0.153 e. The Hall–Kier alpha value is -3.09. The molecule has 0 bridgehead atoms. The summed E-state index contributed by atoms with van der Waals surface area (Å²) in [6, 6.07) is 18.6. The number of para-hydroxylation sites is 2. The number of aliphatic hydroxyl groups excluding tert-OH is 1. The van der Waals surface area contributed by atoms with E-state index in [1.165, 1.54) is 0 Å². The van der Waals surface area contributed by atoms with E-state index in [1.54, 1.807) is 30.5 Å². The predicted octanol–water partition coefficient (Wildman–Crippen LogP) is 3.93. The number of hydrogen-bond donors (Lipinski definition) is 1. The second kappa shape index (κ2) is 11.2. The number of rotatable bonds is 12. The van der Waals surface area contributed by atoms with Crippen LogP contribution in [0.5, 0.6) is 11.5 Å². The number of ether oxygens (including phenoxy) is 2. The second-order valence-corrected chi connectivity index (χ2v) is 6.91. The molecule has 0 saturated carbocycles. The lowest BCUT2D eigenvalue weighted by Crippen LogP contribution is -2.35. The highest BCUT2D eigenvalue weighted by molar-refractivity contribution is 5.79. The van der Waals surface area contributed by atoms with E-state index in [-0.39, 0.29) is 6.61 Å². The number of aldehydes is 1. The summed E-state index contributed by atoms with van der Waals surface area (Å²) < 4.78 is 16.9. The third-order valence-corrected chi connectivity index (χ3v) is 4.57. The third-order valence-electron chi connectivity index (χ3n) is 4.57. The maximum atomic E-state index is 11.1. The van der Waals surface area contributed by atoms with Gasteiger partial charge in [-0.05, 0) is 37.3 Å². The van der Waals surface area contributed by atoms with Gasteiger partial charge in [-0.1, -0.05) is 30.3 Å². The monoisotopic (exact) mass is 409 g/mol. The van der Waals surface area contributed by atoms with Gasteiger partial charge in [-0.2, -0.15) is 0 Å². The van der Waals surface area contributed by atoms with Gasteiger partial charge in [-0.3, -0.25) is 9.69 Å². The maximum Gasteiger partial charge on any atom is 0.153 e. The highest BCUT2D eigenvalue weighted by Gasteiger charge is 2.17. The summed E-state index contributed by atoms with van der Waals surface area (Å²) in [6.45, 7) is 4.10. The summed E-state index contributed by atoms with van der Waals surface area (Å²) in [5.74, 6) is 2.10. The molecule has 0 aliphatic carbocycles. The lowest BCUT2D eigenvalue weighted by molar-refractivity contribution is 0.0597. The van der Waals surface area contributed by atoms with E-state index in [0.29, 0.717) is 37.6 Å². The Morgan fingerprint density at radius 3 is 2.50 bits per heavy atom. The van der Waals surface area contributed by atoms with Crippen molar-refractivity contribution in [3.8, 4) is 11.5 Å². The van der Waals surface area contributed by atoms with Crippen molar-refractivity contribution in [2.75, 3.05) is 19.8 Å². The minimum atomic E-state index is -0.751. The minimum Gasteiger partial charge on any atom is -0.494 e. The molecule has 6 heteroatoms. The highest BCUT2D eigenvalue weighted by Crippen LogP contribution is 2.22. The summed E-state index contributed by atoms with van der Waals surface area (Å²) in [5, 5.41) is 10.6. The molecule has 3 rings (SSSR count). The molecule has 0 radical (unpaired) electrons. The predicted molar refractivity (Wildman–Crippen MR) is 114 cm³/mol. The van der Waals surface area contributed by atoms with Gasteiger partial charge in [0, 0.05) is 18.7 Å². The lowest BCUT2D eigenvalue weighted by Gasteiger charge is -2.25. The van der Waals surface area contributed by atoms with Gasteiger partial charge >= 0.3 is 0 Å². The summed E-state index contributed by atoms with van der Waals surface area (Å²) >= 11 is 0. The van der Waals surface area contributed by atoms with Crippen molar-refractivity contribution in [2.45, 2.75) is 26.1 Å². The molecule has 1 N–H and O–H groups in total. The maximum absolute atomic E-state index is 11.1. The molecule has 0 amide bonds. The summed E-state index contributed by atoms with van der Waals surface area (Å²) in [4.78, 5) is 13.2. The molecular weight excluding hydrogens is 382 g/mol. The van der Waals surface area contributed by atoms with E-state index in [1.807, 2.05) is 43.3 Å². The number of nitrogens with zero attached hydrogens (tertiary/aromatic N) is 1. The van der Waals surface area contributed by atoms with Crippen molar-refractivity contribution in [3.63, 3.8) is 0 Å². The van der Waals surface area contributed by atoms with Crippen LogP contribution in [0, 0.1) is 0 Å². The standard InChI is InChI=1S/C24H27NO5/c1-2-28-23-11-5-3-8-19(23)14-25(16-22-10-7-13-29-22)15-21(27)18-30-24-12-6-4-9-20(24)17-26/h3-13,17,21,27H,2,14-16,18H2,1H3. The Bertz CT molecular complexity index is 909. The van der Waals surface area contributed by atoms with Crippen LogP contribution in [-0.4, -0.2) is 42.2 Å². The van der Waals surface area contributed by atoms with Gasteiger partial charge < -0.3 is 19.0 Å². The van der Waals surface area contributed by atoms with Crippen LogP contribution in [0.1, 0.15) is 28.6 Å². The average molecular weight is 409 g/mol. The molecule has 1 heterocycles. The average Bonchev–Trinajstić information content (AvgIpc) is 3.27. The van der Waals surface area contributed by atoms with Crippen LogP contribution >= 0.6 is 0 Å². The number of aliphatic hydroxyl groups is 1. The topological polar surface area (TPSA) is 72.1 Å².